The highest BCUT2D eigenvalue weighted by Crippen LogP contribution is 2.11. The second kappa shape index (κ2) is 3.37. The fraction of sp³-hybridized carbons (Fsp3) is 0.714. The topological polar surface area (TPSA) is 66.4 Å². The molecule has 1 atom stereocenters. The molecule has 2 N–H and O–H groups in total. The number of carbonyl (C=O) groups excluding carboxylic acids is 1. The number of nitrogens with one attached hydrogen (secondary N) is 1. The lowest BCUT2D eigenvalue weighted by atomic mass is 10.0. The molecule has 1 fully saturated rings. The van der Waals surface area contributed by atoms with Crippen LogP contribution in [0.1, 0.15) is 19.3 Å². The molecule has 0 saturated carbocycles. The largest absolute Gasteiger partial charge is 0.481 e. The Bertz CT molecular complexity index is 179. The average Bonchev–Trinajstić information content (AvgIpc) is 2.13. The van der Waals surface area contributed by atoms with Gasteiger partial charge in [-0.05, 0) is 12.8 Å². The van der Waals surface area contributed by atoms with Gasteiger partial charge in [-0.15, -0.1) is 0 Å². The van der Waals surface area contributed by atoms with Gasteiger partial charge in [0, 0.05) is 13.0 Å². The summed E-state index contributed by atoms with van der Waals surface area (Å²) in [6, 6.07) is 0. The van der Waals surface area contributed by atoms with Crippen LogP contribution in [0.2, 0.25) is 0 Å². The molecule has 0 aliphatic carbocycles. The summed E-state index contributed by atoms with van der Waals surface area (Å²) >= 11 is 0. The maximum Gasteiger partial charge on any atom is 0.308 e. The van der Waals surface area contributed by atoms with Crippen molar-refractivity contribution in [3.8, 4) is 0 Å². The maximum atomic E-state index is 10.7. The Balaban J connectivity index is 2.46. The number of amides is 1. The minimum absolute atomic E-state index is 0.0336. The molecule has 0 bridgehead atoms. The molecule has 4 heteroatoms. The first kappa shape index (κ1) is 8.04. The summed E-state index contributed by atoms with van der Waals surface area (Å²) in [7, 11) is 0. The summed E-state index contributed by atoms with van der Waals surface area (Å²) in [5, 5.41) is 11.2. The van der Waals surface area contributed by atoms with Gasteiger partial charge in [0.05, 0.1) is 5.92 Å². The van der Waals surface area contributed by atoms with E-state index in [9.17, 15) is 9.59 Å². The van der Waals surface area contributed by atoms with Gasteiger partial charge in [0.1, 0.15) is 0 Å². The molecule has 1 amide bonds. The van der Waals surface area contributed by atoms with Crippen molar-refractivity contribution in [1.82, 2.24) is 5.32 Å². The van der Waals surface area contributed by atoms with E-state index in [0.717, 1.165) is 0 Å². The zero-order valence-electron chi connectivity index (χ0n) is 6.17. The molecule has 0 aromatic carbocycles. The van der Waals surface area contributed by atoms with E-state index in [4.69, 9.17) is 5.11 Å². The van der Waals surface area contributed by atoms with Gasteiger partial charge in [0.2, 0.25) is 5.91 Å². The predicted octanol–water partition coefficient (Wildman–Crippen LogP) is -0.0127. The van der Waals surface area contributed by atoms with Gasteiger partial charge in [0.15, 0.2) is 0 Å². The van der Waals surface area contributed by atoms with E-state index in [1.165, 1.54) is 0 Å². The number of aliphatic carboxylic acids is 1. The molecule has 1 heterocycles. The van der Waals surface area contributed by atoms with Crippen LogP contribution in [0.25, 0.3) is 0 Å². The van der Waals surface area contributed by atoms with Crippen LogP contribution in [0.4, 0.5) is 0 Å². The Kier molecular flexibility index (Phi) is 2.46. The highest BCUT2D eigenvalue weighted by molar-refractivity contribution is 5.78. The second-order valence-corrected chi connectivity index (χ2v) is 2.73. The van der Waals surface area contributed by atoms with Crippen molar-refractivity contribution in [2.45, 2.75) is 19.3 Å². The van der Waals surface area contributed by atoms with Gasteiger partial charge in [-0.1, -0.05) is 0 Å². The van der Waals surface area contributed by atoms with E-state index in [0.29, 0.717) is 19.3 Å². The first-order valence-electron chi connectivity index (χ1n) is 3.69. The molecule has 11 heavy (non-hydrogen) atoms. The van der Waals surface area contributed by atoms with Crippen molar-refractivity contribution in [3.63, 3.8) is 0 Å². The summed E-state index contributed by atoms with van der Waals surface area (Å²) in [4.78, 5) is 21.2. The number of hydrogen-bond acceptors (Lipinski definition) is 2. The van der Waals surface area contributed by atoms with Gasteiger partial charge in [0.25, 0.3) is 0 Å². The van der Waals surface area contributed by atoms with E-state index in [2.05, 4.69) is 5.32 Å². The maximum absolute atomic E-state index is 10.7. The molecule has 0 unspecified atom stereocenters. The Morgan fingerprint density at radius 1 is 1.64 bits per heavy atom. The van der Waals surface area contributed by atoms with Crippen molar-refractivity contribution in [3.05, 3.63) is 0 Å². The number of hydrogen-bond donors (Lipinski definition) is 2. The van der Waals surface area contributed by atoms with E-state index >= 15 is 0 Å². The lowest BCUT2D eigenvalue weighted by Gasteiger charge is -2.06. The quantitative estimate of drug-likeness (QED) is 0.562. The molecule has 1 rings (SSSR count). The minimum atomic E-state index is -0.813. The number of carboxylic acid groups (broad SMARTS) is 1. The van der Waals surface area contributed by atoms with Crippen LogP contribution in [0.5, 0.6) is 0 Å². The summed E-state index contributed by atoms with van der Waals surface area (Å²) < 4.78 is 0. The lowest BCUT2D eigenvalue weighted by molar-refractivity contribution is -0.141. The fourth-order valence-corrected chi connectivity index (χ4v) is 1.15. The highest BCUT2D eigenvalue weighted by Gasteiger charge is 2.21. The minimum Gasteiger partial charge on any atom is -0.481 e. The number of rotatable bonds is 1. The zero-order valence-corrected chi connectivity index (χ0v) is 6.17. The standard InChI is InChI=1S/C7H11NO3/c9-6-3-1-2-5(4-8-6)7(10)11/h5H,1-4H2,(H,8,9)(H,10,11)/t5-/m1/s1. The zero-order chi connectivity index (χ0) is 8.27. The van der Waals surface area contributed by atoms with E-state index in [1.54, 1.807) is 0 Å². The molecular weight excluding hydrogens is 146 g/mol. The molecule has 1 aliphatic heterocycles. The van der Waals surface area contributed by atoms with Crippen molar-refractivity contribution >= 4 is 11.9 Å². The molecule has 0 aromatic heterocycles. The summed E-state index contributed by atoms with van der Waals surface area (Å²) in [6.45, 7) is 0.286. The Labute approximate surface area is 64.6 Å². The number of carboxylic acids is 1. The van der Waals surface area contributed by atoms with Gasteiger partial charge >= 0.3 is 5.97 Å². The summed E-state index contributed by atoms with van der Waals surface area (Å²) in [6.07, 6.45) is 1.75. The first-order chi connectivity index (χ1) is 5.20. The third kappa shape index (κ3) is 2.22. The van der Waals surface area contributed by atoms with Crippen LogP contribution in [-0.2, 0) is 9.59 Å². The van der Waals surface area contributed by atoms with Crippen LogP contribution in [0.15, 0.2) is 0 Å². The van der Waals surface area contributed by atoms with E-state index in [1.807, 2.05) is 0 Å². The Morgan fingerprint density at radius 2 is 2.36 bits per heavy atom. The molecule has 1 saturated heterocycles. The van der Waals surface area contributed by atoms with E-state index in [-0.39, 0.29) is 18.4 Å². The van der Waals surface area contributed by atoms with Crippen molar-refractivity contribution in [2.24, 2.45) is 5.92 Å². The lowest BCUT2D eigenvalue weighted by Crippen LogP contribution is -2.29. The van der Waals surface area contributed by atoms with Crippen LogP contribution in [0.3, 0.4) is 0 Å². The smallest absolute Gasteiger partial charge is 0.308 e. The normalized spacial score (nSPS) is 25.5. The summed E-state index contributed by atoms with van der Waals surface area (Å²) in [5.41, 5.74) is 0. The second-order valence-electron chi connectivity index (χ2n) is 2.73. The van der Waals surface area contributed by atoms with Crippen LogP contribution < -0.4 is 5.32 Å². The molecule has 1 aliphatic rings. The number of carbonyl (C=O) groups is 2. The van der Waals surface area contributed by atoms with Crippen molar-refractivity contribution < 1.29 is 14.7 Å². The van der Waals surface area contributed by atoms with Crippen LogP contribution in [0, 0.1) is 5.92 Å². The van der Waals surface area contributed by atoms with Crippen molar-refractivity contribution in [1.29, 1.82) is 0 Å². The van der Waals surface area contributed by atoms with Gasteiger partial charge < -0.3 is 10.4 Å². The monoisotopic (exact) mass is 157 g/mol. The van der Waals surface area contributed by atoms with Crippen LogP contribution in [-0.4, -0.2) is 23.5 Å². The molecule has 0 aromatic rings. The predicted molar refractivity (Wildman–Crippen MR) is 38.0 cm³/mol. The van der Waals surface area contributed by atoms with E-state index < -0.39 is 5.97 Å². The summed E-state index contributed by atoms with van der Waals surface area (Å²) in [5.74, 6) is -1.23. The SMILES string of the molecule is O=C1CCC[C@@H](C(=O)O)CN1. The third-order valence-corrected chi connectivity index (χ3v) is 1.85. The molecular formula is C7H11NO3. The molecule has 0 spiro atoms. The molecule has 4 nitrogen and oxygen atoms in total. The third-order valence-electron chi connectivity index (χ3n) is 1.85. The van der Waals surface area contributed by atoms with Crippen molar-refractivity contribution in [2.75, 3.05) is 6.54 Å². The van der Waals surface area contributed by atoms with Crippen LogP contribution >= 0.6 is 0 Å². The van der Waals surface area contributed by atoms with Gasteiger partial charge in [-0.3, -0.25) is 9.59 Å². The first-order valence-corrected chi connectivity index (χ1v) is 3.69. The Morgan fingerprint density at radius 3 is 3.00 bits per heavy atom. The molecule has 0 radical (unpaired) electrons. The van der Waals surface area contributed by atoms with Gasteiger partial charge in [-0.2, -0.15) is 0 Å². The Hall–Kier alpha value is -1.06. The molecule has 62 valence electrons. The average molecular weight is 157 g/mol. The fourth-order valence-electron chi connectivity index (χ4n) is 1.15. The van der Waals surface area contributed by atoms with Gasteiger partial charge in [-0.25, -0.2) is 0 Å². The highest BCUT2D eigenvalue weighted by atomic mass is 16.4.